The molecular formula is C10H15NO5. The SMILES string of the molecule is CCCCC/C(=C/C(=O)NC(=O)O)C(=O)O. The van der Waals surface area contributed by atoms with Crippen LogP contribution in [0.4, 0.5) is 4.79 Å². The van der Waals surface area contributed by atoms with Gasteiger partial charge in [0.1, 0.15) is 0 Å². The first kappa shape index (κ1) is 14.2. The van der Waals surface area contributed by atoms with Crippen LogP contribution in [0.25, 0.3) is 0 Å². The van der Waals surface area contributed by atoms with Crippen LogP contribution < -0.4 is 5.32 Å². The van der Waals surface area contributed by atoms with Crippen molar-refractivity contribution in [2.24, 2.45) is 0 Å². The zero-order valence-corrected chi connectivity index (χ0v) is 9.02. The molecule has 0 aliphatic heterocycles. The standard InChI is InChI=1S/C10H15NO5/c1-2-3-4-5-7(9(13)14)6-8(12)11-10(15)16/h6H,2-5H2,1H3,(H,11,12)(H,13,14)(H,15,16)/b7-6-. The Morgan fingerprint density at radius 1 is 1.19 bits per heavy atom. The fourth-order valence-electron chi connectivity index (χ4n) is 1.11. The van der Waals surface area contributed by atoms with E-state index in [1.807, 2.05) is 6.92 Å². The van der Waals surface area contributed by atoms with E-state index < -0.39 is 18.0 Å². The van der Waals surface area contributed by atoms with E-state index in [1.165, 1.54) is 0 Å². The van der Waals surface area contributed by atoms with E-state index in [1.54, 1.807) is 5.32 Å². The van der Waals surface area contributed by atoms with Gasteiger partial charge in [-0.15, -0.1) is 0 Å². The van der Waals surface area contributed by atoms with Gasteiger partial charge in [-0.05, 0) is 12.8 Å². The van der Waals surface area contributed by atoms with Gasteiger partial charge in [0.05, 0.1) is 0 Å². The Bertz CT molecular complexity index is 308. The number of aliphatic carboxylic acids is 1. The van der Waals surface area contributed by atoms with E-state index in [0.717, 1.165) is 18.9 Å². The average Bonchev–Trinajstić information content (AvgIpc) is 2.15. The third-order valence-electron chi connectivity index (χ3n) is 1.86. The predicted octanol–water partition coefficient (Wildman–Crippen LogP) is 1.37. The minimum absolute atomic E-state index is 0.0767. The second kappa shape index (κ2) is 7.44. The van der Waals surface area contributed by atoms with Gasteiger partial charge in [0.2, 0.25) is 0 Å². The summed E-state index contributed by atoms with van der Waals surface area (Å²) in [5.41, 5.74) is -0.0767. The van der Waals surface area contributed by atoms with Gasteiger partial charge in [-0.25, -0.2) is 9.59 Å². The van der Waals surface area contributed by atoms with Crippen molar-refractivity contribution in [3.8, 4) is 0 Å². The molecule has 0 aliphatic carbocycles. The summed E-state index contributed by atoms with van der Waals surface area (Å²) in [7, 11) is 0. The number of carboxylic acid groups (broad SMARTS) is 2. The first-order chi connectivity index (χ1) is 7.47. The van der Waals surface area contributed by atoms with Crippen molar-refractivity contribution in [1.82, 2.24) is 5.32 Å². The predicted molar refractivity (Wildman–Crippen MR) is 56.0 cm³/mol. The zero-order valence-electron chi connectivity index (χ0n) is 9.02. The number of rotatable bonds is 6. The fourth-order valence-corrected chi connectivity index (χ4v) is 1.11. The summed E-state index contributed by atoms with van der Waals surface area (Å²) in [6.07, 6.45) is 2.04. The maximum Gasteiger partial charge on any atom is 0.411 e. The Morgan fingerprint density at radius 2 is 1.81 bits per heavy atom. The third kappa shape index (κ3) is 6.58. The van der Waals surface area contributed by atoms with E-state index in [4.69, 9.17) is 10.2 Å². The molecule has 2 amide bonds. The van der Waals surface area contributed by atoms with Gasteiger partial charge in [0, 0.05) is 11.6 Å². The normalized spacial score (nSPS) is 10.9. The molecule has 0 saturated carbocycles. The number of nitrogens with one attached hydrogen (secondary N) is 1. The summed E-state index contributed by atoms with van der Waals surface area (Å²) < 4.78 is 0. The van der Waals surface area contributed by atoms with E-state index in [-0.39, 0.29) is 12.0 Å². The van der Waals surface area contributed by atoms with Gasteiger partial charge in [0.25, 0.3) is 5.91 Å². The van der Waals surface area contributed by atoms with Crippen LogP contribution in [0, 0.1) is 0 Å². The van der Waals surface area contributed by atoms with Crippen molar-refractivity contribution in [3.63, 3.8) is 0 Å². The summed E-state index contributed by atoms with van der Waals surface area (Å²) in [5, 5.41) is 18.6. The highest BCUT2D eigenvalue weighted by atomic mass is 16.4. The Labute approximate surface area is 93.0 Å². The van der Waals surface area contributed by atoms with E-state index in [9.17, 15) is 14.4 Å². The smallest absolute Gasteiger partial charge is 0.411 e. The maximum atomic E-state index is 11.0. The lowest BCUT2D eigenvalue weighted by Crippen LogP contribution is -2.27. The van der Waals surface area contributed by atoms with E-state index in [0.29, 0.717) is 6.42 Å². The Kier molecular flexibility index (Phi) is 6.58. The molecule has 90 valence electrons. The minimum Gasteiger partial charge on any atom is -0.478 e. The van der Waals surface area contributed by atoms with Crippen LogP contribution in [0.2, 0.25) is 0 Å². The Balaban J connectivity index is 4.39. The summed E-state index contributed by atoms with van der Waals surface area (Å²) in [4.78, 5) is 31.8. The second-order valence-corrected chi connectivity index (χ2v) is 3.23. The maximum absolute atomic E-state index is 11.0. The molecule has 0 fully saturated rings. The lowest BCUT2D eigenvalue weighted by Gasteiger charge is -2.01. The minimum atomic E-state index is -1.50. The number of unbranched alkanes of at least 4 members (excludes halogenated alkanes) is 2. The number of imide groups is 1. The molecule has 0 unspecified atom stereocenters. The highest BCUT2D eigenvalue weighted by molar-refractivity contribution is 6.02. The monoisotopic (exact) mass is 229 g/mol. The molecule has 0 atom stereocenters. The molecule has 0 aromatic rings. The van der Waals surface area contributed by atoms with Gasteiger partial charge in [0.15, 0.2) is 0 Å². The summed E-state index contributed by atoms with van der Waals surface area (Å²) >= 11 is 0. The van der Waals surface area contributed by atoms with Gasteiger partial charge < -0.3 is 10.2 Å². The molecule has 0 bridgehead atoms. The number of hydrogen-bond donors (Lipinski definition) is 3. The van der Waals surface area contributed by atoms with Crippen LogP contribution >= 0.6 is 0 Å². The first-order valence-electron chi connectivity index (χ1n) is 4.95. The van der Waals surface area contributed by atoms with Crippen molar-refractivity contribution < 1.29 is 24.6 Å². The van der Waals surface area contributed by atoms with E-state index >= 15 is 0 Å². The van der Waals surface area contributed by atoms with Crippen molar-refractivity contribution in [1.29, 1.82) is 0 Å². The molecule has 0 aliphatic rings. The molecule has 6 nitrogen and oxygen atoms in total. The third-order valence-corrected chi connectivity index (χ3v) is 1.86. The molecule has 0 aromatic carbocycles. The summed E-state index contributed by atoms with van der Waals surface area (Å²) in [6.45, 7) is 1.97. The molecule has 0 aromatic heterocycles. The molecule has 0 heterocycles. The molecule has 16 heavy (non-hydrogen) atoms. The second-order valence-electron chi connectivity index (χ2n) is 3.23. The quantitative estimate of drug-likeness (QED) is 0.471. The molecule has 0 spiro atoms. The summed E-state index contributed by atoms with van der Waals surface area (Å²) in [5.74, 6) is -2.13. The zero-order chi connectivity index (χ0) is 12.6. The van der Waals surface area contributed by atoms with Crippen LogP contribution in [0.3, 0.4) is 0 Å². The number of carbonyl (C=O) groups is 3. The van der Waals surface area contributed by atoms with Crippen molar-refractivity contribution >= 4 is 18.0 Å². The van der Waals surface area contributed by atoms with Crippen molar-refractivity contribution in [2.45, 2.75) is 32.6 Å². The van der Waals surface area contributed by atoms with Crippen LogP contribution in [0.5, 0.6) is 0 Å². The largest absolute Gasteiger partial charge is 0.478 e. The van der Waals surface area contributed by atoms with E-state index in [2.05, 4.69) is 0 Å². The van der Waals surface area contributed by atoms with Crippen LogP contribution in [0.1, 0.15) is 32.6 Å². The summed E-state index contributed by atoms with van der Waals surface area (Å²) in [6, 6.07) is 0. The lowest BCUT2D eigenvalue weighted by molar-refractivity contribution is -0.133. The molecule has 6 heteroatoms. The highest BCUT2D eigenvalue weighted by Crippen LogP contribution is 2.09. The molecule has 0 rings (SSSR count). The van der Waals surface area contributed by atoms with Gasteiger partial charge in [-0.1, -0.05) is 19.8 Å². The first-order valence-corrected chi connectivity index (χ1v) is 4.95. The average molecular weight is 229 g/mol. The number of amides is 2. The Morgan fingerprint density at radius 3 is 2.25 bits per heavy atom. The van der Waals surface area contributed by atoms with Crippen LogP contribution in [-0.2, 0) is 9.59 Å². The molecule has 3 N–H and O–H groups in total. The molecule has 0 radical (unpaired) electrons. The van der Waals surface area contributed by atoms with Gasteiger partial charge in [-0.3, -0.25) is 10.1 Å². The van der Waals surface area contributed by atoms with Gasteiger partial charge in [-0.2, -0.15) is 0 Å². The number of carboxylic acids is 1. The van der Waals surface area contributed by atoms with Crippen LogP contribution in [0.15, 0.2) is 11.6 Å². The Hall–Kier alpha value is -1.85. The molecule has 0 saturated heterocycles. The highest BCUT2D eigenvalue weighted by Gasteiger charge is 2.10. The number of hydrogen-bond acceptors (Lipinski definition) is 3. The lowest BCUT2D eigenvalue weighted by atomic mass is 10.1. The van der Waals surface area contributed by atoms with Crippen molar-refractivity contribution in [3.05, 3.63) is 11.6 Å². The fraction of sp³-hybridized carbons (Fsp3) is 0.500. The number of carbonyl (C=O) groups excluding carboxylic acids is 1. The van der Waals surface area contributed by atoms with Crippen molar-refractivity contribution in [2.75, 3.05) is 0 Å². The van der Waals surface area contributed by atoms with Crippen LogP contribution in [-0.4, -0.2) is 28.2 Å². The topological polar surface area (TPSA) is 104 Å². The van der Waals surface area contributed by atoms with Gasteiger partial charge >= 0.3 is 12.1 Å². The molecular weight excluding hydrogens is 214 g/mol.